The summed E-state index contributed by atoms with van der Waals surface area (Å²) in [6.45, 7) is 2.25. The highest BCUT2D eigenvalue weighted by Crippen LogP contribution is 2.08. The molecular formula is C10H20N4. The average molecular weight is 196 g/mol. The third kappa shape index (κ3) is 4.94. The van der Waals surface area contributed by atoms with Gasteiger partial charge in [-0.25, -0.2) is 5.10 Å². The van der Waals surface area contributed by atoms with Gasteiger partial charge in [0.25, 0.3) is 0 Å². The van der Waals surface area contributed by atoms with Gasteiger partial charge < -0.3 is 0 Å². The number of unbranched alkanes of at least 4 members (excludes halogenated alkanes) is 6. The van der Waals surface area contributed by atoms with Gasteiger partial charge >= 0.3 is 0 Å². The fraction of sp³-hybridized carbons (Fsp3) is 0.900. The summed E-state index contributed by atoms with van der Waals surface area (Å²) >= 11 is 0. The molecule has 0 bridgehead atoms. The van der Waals surface area contributed by atoms with E-state index in [1.807, 2.05) is 0 Å². The number of H-pyrrole nitrogens is 1. The molecule has 1 rings (SSSR count). The van der Waals surface area contributed by atoms with Gasteiger partial charge in [-0.2, -0.15) is 0 Å². The van der Waals surface area contributed by atoms with Gasteiger partial charge in [-0.05, 0) is 16.8 Å². The molecule has 0 aliphatic heterocycles. The third-order valence-electron chi connectivity index (χ3n) is 2.41. The molecule has 14 heavy (non-hydrogen) atoms. The van der Waals surface area contributed by atoms with Gasteiger partial charge in [0, 0.05) is 6.42 Å². The van der Waals surface area contributed by atoms with E-state index in [4.69, 9.17) is 0 Å². The number of aromatic amines is 1. The van der Waals surface area contributed by atoms with Crippen LogP contribution in [0.25, 0.3) is 0 Å². The Balaban J connectivity index is 1.85. The van der Waals surface area contributed by atoms with Gasteiger partial charge in [0.05, 0.1) is 0 Å². The number of nitrogens with one attached hydrogen (secondary N) is 1. The Hall–Kier alpha value is -0.930. The maximum atomic E-state index is 3.85. The van der Waals surface area contributed by atoms with Gasteiger partial charge in [0.15, 0.2) is 0 Å². The molecular weight excluding hydrogens is 176 g/mol. The molecule has 0 radical (unpaired) electrons. The van der Waals surface area contributed by atoms with Gasteiger partial charge in [0.2, 0.25) is 0 Å². The lowest BCUT2D eigenvalue weighted by Gasteiger charge is -1.98. The van der Waals surface area contributed by atoms with Crippen molar-refractivity contribution in [3.8, 4) is 0 Å². The fourth-order valence-electron chi connectivity index (χ4n) is 1.53. The van der Waals surface area contributed by atoms with Crippen LogP contribution in [0.5, 0.6) is 0 Å². The van der Waals surface area contributed by atoms with Gasteiger partial charge in [-0.3, -0.25) is 0 Å². The van der Waals surface area contributed by atoms with E-state index in [0.29, 0.717) is 0 Å². The van der Waals surface area contributed by atoms with Crippen LogP contribution < -0.4 is 0 Å². The van der Waals surface area contributed by atoms with Crippen LogP contribution in [0.1, 0.15) is 57.7 Å². The Kier molecular flexibility index (Phi) is 5.95. The normalized spacial score (nSPS) is 10.6. The molecule has 0 aliphatic carbocycles. The van der Waals surface area contributed by atoms with Crippen LogP contribution in [0.2, 0.25) is 0 Å². The first-order chi connectivity index (χ1) is 6.93. The van der Waals surface area contributed by atoms with Crippen LogP contribution in [0.15, 0.2) is 0 Å². The van der Waals surface area contributed by atoms with Gasteiger partial charge in [-0.1, -0.05) is 45.4 Å². The first-order valence-corrected chi connectivity index (χ1v) is 5.66. The van der Waals surface area contributed by atoms with Crippen molar-refractivity contribution < 1.29 is 0 Å². The van der Waals surface area contributed by atoms with Crippen LogP contribution in [0.4, 0.5) is 0 Å². The minimum Gasteiger partial charge on any atom is -0.243 e. The summed E-state index contributed by atoms with van der Waals surface area (Å²) in [5, 5.41) is 13.7. The number of hydrogen-bond acceptors (Lipinski definition) is 3. The molecule has 4 nitrogen and oxygen atoms in total. The topological polar surface area (TPSA) is 54.5 Å². The summed E-state index contributed by atoms with van der Waals surface area (Å²) < 4.78 is 0. The van der Waals surface area contributed by atoms with E-state index in [1.165, 1.54) is 44.9 Å². The molecule has 0 aliphatic rings. The van der Waals surface area contributed by atoms with Crippen LogP contribution in [-0.2, 0) is 6.42 Å². The second-order valence-electron chi connectivity index (χ2n) is 3.72. The van der Waals surface area contributed by atoms with Crippen molar-refractivity contribution in [1.82, 2.24) is 20.6 Å². The molecule has 0 aromatic carbocycles. The Morgan fingerprint density at radius 2 is 1.71 bits per heavy atom. The minimum atomic E-state index is 0.915. The second kappa shape index (κ2) is 7.47. The minimum absolute atomic E-state index is 0.915. The zero-order valence-electron chi connectivity index (χ0n) is 9.00. The lowest BCUT2D eigenvalue weighted by Crippen LogP contribution is -1.89. The number of aromatic nitrogens is 4. The molecule has 1 aromatic rings. The SMILES string of the molecule is CCCCCCCCCc1nnn[nH]1. The van der Waals surface area contributed by atoms with Crippen molar-refractivity contribution in [2.45, 2.75) is 58.3 Å². The standard InChI is InChI=1S/C10H20N4/c1-2-3-4-5-6-7-8-9-10-11-13-14-12-10/h2-9H2,1H3,(H,11,12,13,14). The monoisotopic (exact) mass is 196 g/mol. The van der Waals surface area contributed by atoms with E-state index in [0.717, 1.165) is 12.2 Å². The molecule has 0 saturated carbocycles. The molecule has 0 spiro atoms. The van der Waals surface area contributed by atoms with Crippen LogP contribution in [-0.4, -0.2) is 20.6 Å². The van der Waals surface area contributed by atoms with Gasteiger partial charge in [-0.15, -0.1) is 5.10 Å². The molecule has 0 unspecified atom stereocenters. The lowest BCUT2D eigenvalue weighted by atomic mass is 10.1. The van der Waals surface area contributed by atoms with E-state index < -0.39 is 0 Å². The molecule has 80 valence electrons. The smallest absolute Gasteiger partial charge is 0.148 e. The maximum Gasteiger partial charge on any atom is 0.148 e. The zero-order chi connectivity index (χ0) is 10.1. The number of hydrogen-bond donors (Lipinski definition) is 1. The van der Waals surface area contributed by atoms with Crippen molar-refractivity contribution in [3.63, 3.8) is 0 Å². The highest BCUT2D eigenvalue weighted by molar-refractivity contribution is 4.74. The number of tetrazole rings is 1. The Labute approximate surface area is 85.5 Å². The first kappa shape index (κ1) is 11.1. The maximum absolute atomic E-state index is 3.85. The quantitative estimate of drug-likeness (QED) is 0.650. The van der Waals surface area contributed by atoms with Crippen LogP contribution in [0.3, 0.4) is 0 Å². The van der Waals surface area contributed by atoms with Crippen molar-refractivity contribution in [3.05, 3.63) is 5.82 Å². The Morgan fingerprint density at radius 1 is 1.00 bits per heavy atom. The van der Waals surface area contributed by atoms with Gasteiger partial charge in [0.1, 0.15) is 5.82 Å². The van der Waals surface area contributed by atoms with E-state index >= 15 is 0 Å². The molecule has 1 N–H and O–H groups in total. The summed E-state index contributed by atoms with van der Waals surface area (Å²) in [6, 6.07) is 0. The summed E-state index contributed by atoms with van der Waals surface area (Å²) in [5.41, 5.74) is 0. The number of rotatable bonds is 8. The van der Waals surface area contributed by atoms with Crippen LogP contribution >= 0.6 is 0 Å². The molecule has 1 heterocycles. The van der Waals surface area contributed by atoms with E-state index in [-0.39, 0.29) is 0 Å². The molecule has 0 fully saturated rings. The Bertz CT molecular complexity index is 208. The van der Waals surface area contributed by atoms with E-state index in [1.54, 1.807) is 0 Å². The highest BCUT2D eigenvalue weighted by atomic mass is 15.5. The van der Waals surface area contributed by atoms with Crippen molar-refractivity contribution in [2.24, 2.45) is 0 Å². The summed E-state index contributed by atoms with van der Waals surface area (Å²) in [5.74, 6) is 0.915. The third-order valence-corrected chi connectivity index (χ3v) is 2.41. The molecule has 0 saturated heterocycles. The zero-order valence-corrected chi connectivity index (χ0v) is 9.00. The predicted molar refractivity (Wildman–Crippen MR) is 55.9 cm³/mol. The highest BCUT2D eigenvalue weighted by Gasteiger charge is 1.96. The van der Waals surface area contributed by atoms with Crippen molar-refractivity contribution in [2.75, 3.05) is 0 Å². The fourth-order valence-corrected chi connectivity index (χ4v) is 1.53. The lowest BCUT2D eigenvalue weighted by molar-refractivity contribution is 0.584. The molecule has 0 atom stereocenters. The first-order valence-electron chi connectivity index (χ1n) is 5.66. The van der Waals surface area contributed by atoms with Crippen LogP contribution in [0, 0.1) is 0 Å². The summed E-state index contributed by atoms with van der Waals surface area (Å²) in [4.78, 5) is 0. The predicted octanol–water partition coefficient (Wildman–Crippen LogP) is 2.49. The molecule has 1 aromatic heterocycles. The van der Waals surface area contributed by atoms with E-state index in [2.05, 4.69) is 27.5 Å². The largest absolute Gasteiger partial charge is 0.243 e. The van der Waals surface area contributed by atoms with Crippen molar-refractivity contribution in [1.29, 1.82) is 0 Å². The number of nitrogens with zero attached hydrogens (tertiary/aromatic N) is 3. The van der Waals surface area contributed by atoms with E-state index in [9.17, 15) is 0 Å². The summed E-state index contributed by atoms with van der Waals surface area (Å²) in [6.07, 6.45) is 10.3. The molecule has 0 amide bonds. The Morgan fingerprint density at radius 3 is 2.36 bits per heavy atom. The molecule has 4 heteroatoms. The average Bonchev–Trinajstić information content (AvgIpc) is 2.69. The number of aryl methyl sites for hydroxylation is 1. The van der Waals surface area contributed by atoms with Crippen molar-refractivity contribution >= 4 is 0 Å². The summed E-state index contributed by atoms with van der Waals surface area (Å²) in [7, 11) is 0. The second-order valence-corrected chi connectivity index (χ2v) is 3.72.